The number of hydrogen-bond acceptors (Lipinski definition) is 7. The second-order valence-electron chi connectivity index (χ2n) is 9.01. The molecule has 0 radical (unpaired) electrons. The van der Waals surface area contributed by atoms with Crippen molar-refractivity contribution in [2.24, 2.45) is 11.8 Å². The average molecular weight is 466 g/mol. The fourth-order valence-corrected chi connectivity index (χ4v) is 3.98. The molecule has 1 amide bonds. The van der Waals surface area contributed by atoms with Crippen molar-refractivity contribution in [3.05, 3.63) is 74.3 Å². The summed E-state index contributed by atoms with van der Waals surface area (Å²) in [6.07, 6.45) is 0. The van der Waals surface area contributed by atoms with E-state index in [9.17, 15) is 29.3 Å². The van der Waals surface area contributed by atoms with Crippen LogP contribution in [0.25, 0.3) is 0 Å². The number of nitro groups is 1. The molecule has 2 aromatic rings. The number of esters is 1. The third-order valence-electron chi connectivity index (χ3n) is 5.32. The molecular weight excluding hydrogens is 440 g/mol. The van der Waals surface area contributed by atoms with Crippen LogP contribution in [-0.4, -0.2) is 53.0 Å². The van der Waals surface area contributed by atoms with Gasteiger partial charge in [0.2, 0.25) is 5.78 Å². The van der Waals surface area contributed by atoms with Crippen LogP contribution < -0.4 is 0 Å². The third-order valence-corrected chi connectivity index (χ3v) is 5.32. The Morgan fingerprint density at radius 1 is 0.912 bits per heavy atom. The summed E-state index contributed by atoms with van der Waals surface area (Å²) < 4.78 is 5.12. The summed E-state index contributed by atoms with van der Waals surface area (Å²) in [4.78, 5) is 63.9. The molecule has 0 atom stereocenters. The Balaban J connectivity index is 1.91. The van der Waals surface area contributed by atoms with Gasteiger partial charge in [-0.05, 0) is 24.0 Å². The van der Waals surface area contributed by atoms with Crippen molar-refractivity contribution in [1.29, 1.82) is 0 Å². The van der Waals surface area contributed by atoms with Crippen LogP contribution in [0.1, 0.15) is 69.9 Å². The number of fused-ring (bicyclic) bond motifs is 2. The van der Waals surface area contributed by atoms with Crippen LogP contribution in [0, 0.1) is 22.0 Å². The number of nitrogens with zero attached hydrogens (tertiary/aromatic N) is 2. The molecule has 0 N–H and O–H groups in total. The molecular formula is C25H26N2O7. The minimum atomic E-state index is -1.11. The number of carbonyl (C=O) groups excluding carboxylic acids is 4. The molecule has 1 aliphatic carbocycles. The highest BCUT2D eigenvalue weighted by Gasteiger charge is 2.39. The molecule has 0 aliphatic heterocycles. The van der Waals surface area contributed by atoms with E-state index >= 15 is 0 Å². The summed E-state index contributed by atoms with van der Waals surface area (Å²) in [5.41, 5.74) is -1.72. The summed E-state index contributed by atoms with van der Waals surface area (Å²) in [6, 6.07) is 8.31. The fraction of sp³-hybridized carbons (Fsp3) is 0.360. The van der Waals surface area contributed by atoms with Gasteiger partial charge in [-0.1, -0.05) is 52.0 Å². The van der Waals surface area contributed by atoms with Crippen molar-refractivity contribution in [2.45, 2.75) is 27.7 Å². The number of ether oxygens (including phenoxy) is 1. The Morgan fingerprint density at radius 3 is 2.00 bits per heavy atom. The Labute approximate surface area is 196 Å². The highest BCUT2D eigenvalue weighted by Crippen LogP contribution is 2.35. The predicted molar refractivity (Wildman–Crippen MR) is 123 cm³/mol. The van der Waals surface area contributed by atoms with Crippen molar-refractivity contribution < 1.29 is 28.8 Å². The van der Waals surface area contributed by atoms with Gasteiger partial charge < -0.3 is 9.64 Å². The minimum absolute atomic E-state index is 0.0295. The number of ketones is 2. The van der Waals surface area contributed by atoms with E-state index in [2.05, 4.69) is 0 Å². The second-order valence-corrected chi connectivity index (χ2v) is 9.01. The first-order valence-electron chi connectivity index (χ1n) is 11.0. The van der Waals surface area contributed by atoms with Crippen molar-refractivity contribution >= 4 is 29.1 Å². The molecule has 9 nitrogen and oxygen atoms in total. The van der Waals surface area contributed by atoms with Crippen molar-refractivity contribution in [3.8, 4) is 0 Å². The van der Waals surface area contributed by atoms with E-state index < -0.39 is 51.8 Å². The maximum Gasteiger partial charge on any atom is 0.345 e. The van der Waals surface area contributed by atoms with Crippen molar-refractivity contribution in [2.75, 3.05) is 19.7 Å². The lowest BCUT2D eigenvalue weighted by Gasteiger charge is -2.26. The number of rotatable bonds is 8. The zero-order valence-electron chi connectivity index (χ0n) is 19.5. The molecule has 0 aromatic heterocycles. The molecule has 0 unspecified atom stereocenters. The molecule has 178 valence electrons. The van der Waals surface area contributed by atoms with Crippen LogP contribution in [0.4, 0.5) is 5.69 Å². The van der Waals surface area contributed by atoms with Crippen molar-refractivity contribution in [1.82, 2.24) is 4.90 Å². The standard InChI is InChI=1S/C25H26N2O7/c1-14(2)11-26(12-15(3)4)20(28)13-34-25(31)19-10-9-18-21(22(19)27(32)33)24(30)17-8-6-5-7-16(17)23(18)29/h5-10,14-15H,11-13H2,1-4H3. The molecule has 9 heteroatoms. The number of nitro benzene ring substituents is 1. The molecule has 1 aliphatic rings. The third kappa shape index (κ3) is 4.88. The zero-order chi connectivity index (χ0) is 25.2. The average Bonchev–Trinajstić information content (AvgIpc) is 2.78. The SMILES string of the molecule is CC(C)CN(CC(C)C)C(=O)COC(=O)c1ccc2c(c1[N+](=O)[O-])C(=O)c1ccccc1C2=O. The summed E-state index contributed by atoms with van der Waals surface area (Å²) >= 11 is 0. The van der Waals surface area contributed by atoms with Gasteiger partial charge >= 0.3 is 5.97 Å². The minimum Gasteiger partial charge on any atom is -0.452 e. The smallest absolute Gasteiger partial charge is 0.345 e. The molecule has 0 spiro atoms. The first kappa shape index (κ1) is 24.8. The summed E-state index contributed by atoms with van der Waals surface area (Å²) in [7, 11) is 0. The maximum atomic E-state index is 13.0. The van der Waals surface area contributed by atoms with E-state index in [0.29, 0.717) is 13.1 Å². The van der Waals surface area contributed by atoms with Gasteiger partial charge in [-0.3, -0.25) is 24.5 Å². The Kier molecular flexibility index (Phi) is 7.24. The first-order valence-corrected chi connectivity index (χ1v) is 11.0. The molecule has 3 rings (SSSR count). The Bertz CT molecular complexity index is 1170. The van der Waals surface area contributed by atoms with Gasteiger partial charge in [0, 0.05) is 29.8 Å². The van der Waals surface area contributed by atoms with Gasteiger partial charge in [0.15, 0.2) is 12.4 Å². The van der Waals surface area contributed by atoms with Gasteiger partial charge in [0.25, 0.3) is 11.6 Å². The van der Waals surface area contributed by atoms with Gasteiger partial charge in [-0.2, -0.15) is 0 Å². The zero-order valence-corrected chi connectivity index (χ0v) is 19.5. The number of carbonyl (C=O) groups is 4. The quantitative estimate of drug-likeness (QED) is 0.282. The molecule has 0 fully saturated rings. The highest BCUT2D eigenvalue weighted by molar-refractivity contribution is 6.30. The van der Waals surface area contributed by atoms with E-state index in [1.54, 1.807) is 17.0 Å². The highest BCUT2D eigenvalue weighted by atomic mass is 16.6. The largest absolute Gasteiger partial charge is 0.452 e. The van der Waals surface area contributed by atoms with Crippen LogP contribution in [-0.2, 0) is 9.53 Å². The Morgan fingerprint density at radius 2 is 1.47 bits per heavy atom. The van der Waals surface area contributed by atoms with E-state index in [1.165, 1.54) is 18.2 Å². The molecule has 0 saturated carbocycles. The second kappa shape index (κ2) is 9.94. The van der Waals surface area contributed by atoms with Crippen molar-refractivity contribution in [3.63, 3.8) is 0 Å². The monoisotopic (exact) mass is 466 g/mol. The van der Waals surface area contributed by atoms with Crippen LogP contribution in [0.5, 0.6) is 0 Å². The van der Waals surface area contributed by atoms with Crippen LogP contribution in [0.2, 0.25) is 0 Å². The van der Waals surface area contributed by atoms with E-state index in [-0.39, 0.29) is 28.5 Å². The Hall–Kier alpha value is -3.88. The molecule has 0 saturated heterocycles. The summed E-state index contributed by atoms with van der Waals surface area (Å²) in [6.45, 7) is 8.19. The molecule has 0 heterocycles. The lowest BCUT2D eigenvalue weighted by atomic mass is 9.82. The van der Waals surface area contributed by atoms with Gasteiger partial charge in [-0.25, -0.2) is 4.79 Å². The summed E-state index contributed by atoms with van der Waals surface area (Å²) in [5.74, 6) is -2.39. The number of hydrogen-bond donors (Lipinski definition) is 0. The lowest BCUT2D eigenvalue weighted by Crippen LogP contribution is -2.39. The topological polar surface area (TPSA) is 124 Å². The maximum absolute atomic E-state index is 13.0. The number of benzene rings is 2. The van der Waals surface area contributed by atoms with E-state index in [0.717, 1.165) is 6.07 Å². The lowest BCUT2D eigenvalue weighted by molar-refractivity contribution is -0.385. The molecule has 34 heavy (non-hydrogen) atoms. The van der Waals surface area contributed by atoms with Gasteiger partial charge in [0.1, 0.15) is 11.1 Å². The number of amides is 1. The van der Waals surface area contributed by atoms with Gasteiger partial charge in [-0.15, -0.1) is 0 Å². The van der Waals surface area contributed by atoms with E-state index in [4.69, 9.17) is 4.74 Å². The fourth-order valence-electron chi connectivity index (χ4n) is 3.98. The normalized spacial score (nSPS) is 12.4. The first-order chi connectivity index (χ1) is 16.0. The van der Waals surface area contributed by atoms with Crippen LogP contribution in [0.3, 0.4) is 0 Å². The van der Waals surface area contributed by atoms with Crippen LogP contribution >= 0.6 is 0 Å². The molecule has 0 bridgehead atoms. The summed E-state index contributed by atoms with van der Waals surface area (Å²) in [5, 5.41) is 11.9. The van der Waals surface area contributed by atoms with Gasteiger partial charge in [0.05, 0.1) is 4.92 Å². The van der Waals surface area contributed by atoms with E-state index in [1.807, 2.05) is 27.7 Å². The molecule has 2 aromatic carbocycles. The van der Waals surface area contributed by atoms with Crippen LogP contribution in [0.15, 0.2) is 36.4 Å². The predicted octanol–water partition coefficient (Wildman–Crippen LogP) is 3.67.